The molecule has 0 spiro atoms. The molecule has 0 atom stereocenters. The first-order valence-electron chi connectivity index (χ1n) is 3.26. The van der Waals surface area contributed by atoms with E-state index in [0.717, 1.165) is 12.1 Å². The van der Waals surface area contributed by atoms with Crippen LogP contribution < -0.4 is 0 Å². The fourth-order valence-corrected chi connectivity index (χ4v) is 1.18. The molecule has 0 aliphatic carbocycles. The van der Waals surface area contributed by atoms with Gasteiger partial charge in [0.25, 0.3) is 0 Å². The molecule has 0 saturated carbocycles. The Morgan fingerprint density at radius 3 is 2.31 bits per heavy atom. The molecule has 5 heteroatoms. The summed E-state index contributed by atoms with van der Waals surface area (Å²) in [4.78, 5) is 0. The summed E-state index contributed by atoms with van der Waals surface area (Å²) in [5.74, 6) is 0. The number of benzene rings is 1. The second-order valence-corrected chi connectivity index (χ2v) is 2.89. The van der Waals surface area contributed by atoms with E-state index in [1.165, 1.54) is 6.07 Å². The van der Waals surface area contributed by atoms with Crippen LogP contribution in [0.4, 0.5) is 13.2 Å². The van der Waals surface area contributed by atoms with Crippen LogP contribution in [0.2, 0.25) is 0 Å². The average molecular weight is 304 g/mol. The van der Waals surface area contributed by atoms with E-state index < -0.39 is 11.7 Å². The minimum Gasteiger partial charge on any atom is -0.166 e. The Labute approximate surface area is 95.4 Å². The number of hydrogen-bond acceptors (Lipinski definition) is 0. The topological polar surface area (TPSA) is 0 Å². The van der Waals surface area contributed by atoms with Gasteiger partial charge in [0.2, 0.25) is 0 Å². The molecule has 1 rings (SSSR count). The standard InChI is InChI=1S/C8H6BrF3.Zn/c9-5-6-2-1-3-7(4-6)8(10,11)12;/h1-4H,5H2;. The molecule has 0 aliphatic heterocycles. The molecule has 0 N–H and O–H groups in total. The third-order valence-electron chi connectivity index (χ3n) is 1.41. The molecule has 0 unspecified atom stereocenters. The molecule has 1 aromatic rings. The van der Waals surface area contributed by atoms with Crippen molar-refractivity contribution in [2.24, 2.45) is 0 Å². The van der Waals surface area contributed by atoms with Crippen molar-refractivity contribution in [3.05, 3.63) is 35.4 Å². The summed E-state index contributed by atoms with van der Waals surface area (Å²) in [6, 6.07) is 5.24. The van der Waals surface area contributed by atoms with E-state index in [1.54, 1.807) is 6.07 Å². The van der Waals surface area contributed by atoms with Gasteiger partial charge < -0.3 is 0 Å². The fourth-order valence-electron chi connectivity index (χ4n) is 0.831. The van der Waals surface area contributed by atoms with Gasteiger partial charge in [-0.1, -0.05) is 34.1 Å². The van der Waals surface area contributed by atoms with Gasteiger partial charge in [-0.2, -0.15) is 13.2 Å². The van der Waals surface area contributed by atoms with E-state index in [0.29, 0.717) is 10.9 Å². The van der Waals surface area contributed by atoms with Crippen molar-refractivity contribution in [2.75, 3.05) is 0 Å². The number of alkyl halides is 4. The van der Waals surface area contributed by atoms with E-state index in [-0.39, 0.29) is 19.5 Å². The summed E-state index contributed by atoms with van der Waals surface area (Å²) < 4.78 is 36.3. The molecule has 1 aromatic carbocycles. The molecule has 0 aromatic heterocycles. The molecule has 0 amide bonds. The zero-order valence-electron chi connectivity index (χ0n) is 6.74. The van der Waals surface area contributed by atoms with Gasteiger partial charge in [0.15, 0.2) is 0 Å². The van der Waals surface area contributed by atoms with E-state index in [4.69, 9.17) is 0 Å². The van der Waals surface area contributed by atoms with Gasteiger partial charge in [-0.3, -0.25) is 0 Å². The Morgan fingerprint density at radius 1 is 1.23 bits per heavy atom. The van der Waals surface area contributed by atoms with Gasteiger partial charge in [-0.25, -0.2) is 0 Å². The van der Waals surface area contributed by atoms with Crippen LogP contribution in [-0.4, -0.2) is 0 Å². The maximum Gasteiger partial charge on any atom is 0.416 e. The van der Waals surface area contributed by atoms with E-state index in [9.17, 15) is 13.2 Å². The zero-order valence-corrected chi connectivity index (χ0v) is 11.3. The normalized spacial score (nSPS) is 10.8. The minimum absolute atomic E-state index is 0. The van der Waals surface area contributed by atoms with Gasteiger partial charge in [-0.15, -0.1) is 0 Å². The number of halogens is 4. The predicted molar refractivity (Wildman–Crippen MR) is 44.1 cm³/mol. The van der Waals surface area contributed by atoms with Crippen LogP contribution in [0.3, 0.4) is 0 Å². The van der Waals surface area contributed by atoms with Gasteiger partial charge in [0.05, 0.1) is 5.56 Å². The molecule has 0 heterocycles. The molecule has 0 saturated heterocycles. The second-order valence-electron chi connectivity index (χ2n) is 2.33. The van der Waals surface area contributed by atoms with Crippen molar-refractivity contribution >= 4 is 15.9 Å². The first-order chi connectivity index (χ1) is 5.54. The smallest absolute Gasteiger partial charge is 0.166 e. The minimum atomic E-state index is -4.24. The largest absolute Gasteiger partial charge is 0.416 e. The SMILES string of the molecule is FC(F)(F)c1cccc(CBr)c1.[Zn]. The summed E-state index contributed by atoms with van der Waals surface area (Å²) in [5, 5.41) is 0.441. The van der Waals surface area contributed by atoms with Gasteiger partial charge >= 0.3 is 6.18 Å². The van der Waals surface area contributed by atoms with Crippen molar-refractivity contribution in [2.45, 2.75) is 11.5 Å². The molecule has 0 radical (unpaired) electrons. The van der Waals surface area contributed by atoms with Crippen molar-refractivity contribution in [3.8, 4) is 0 Å². The van der Waals surface area contributed by atoms with Crippen LogP contribution in [-0.2, 0) is 31.0 Å². The van der Waals surface area contributed by atoms with Crippen LogP contribution in [0.25, 0.3) is 0 Å². The molecule has 13 heavy (non-hydrogen) atoms. The molecule has 0 aliphatic rings. The summed E-state index contributed by atoms with van der Waals surface area (Å²) >= 11 is 3.09. The van der Waals surface area contributed by atoms with Crippen LogP contribution in [0.5, 0.6) is 0 Å². The Bertz CT molecular complexity index is 272. The van der Waals surface area contributed by atoms with Crippen molar-refractivity contribution in [1.82, 2.24) is 0 Å². The van der Waals surface area contributed by atoms with Gasteiger partial charge in [-0.05, 0) is 11.6 Å². The van der Waals surface area contributed by atoms with Crippen LogP contribution in [0, 0.1) is 0 Å². The quantitative estimate of drug-likeness (QED) is 0.549. The zero-order chi connectivity index (χ0) is 9.19. The average Bonchev–Trinajstić information content (AvgIpc) is 2.03. The fraction of sp³-hybridized carbons (Fsp3) is 0.250. The molecular weight excluding hydrogens is 298 g/mol. The van der Waals surface area contributed by atoms with Crippen molar-refractivity contribution in [1.29, 1.82) is 0 Å². The van der Waals surface area contributed by atoms with Crippen molar-refractivity contribution in [3.63, 3.8) is 0 Å². The molecule has 68 valence electrons. The maximum absolute atomic E-state index is 12.1. The van der Waals surface area contributed by atoms with Crippen LogP contribution in [0.15, 0.2) is 24.3 Å². The van der Waals surface area contributed by atoms with Crippen LogP contribution in [0.1, 0.15) is 11.1 Å². The third-order valence-corrected chi connectivity index (χ3v) is 2.06. The Morgan fingerprint density at radius 2 is 1.85 bits per heavy atom. The maximum atomic E-state index is 12.1. The molecule has 0 bridgehead atoms. The molecule has 0 nitrogen and oxygen atoms in total. The summed E-state index contributed by atoms with van der Waals surface area (Å²) in [7, 11) is 0. The molecule has 0 fully saturated rings. The summed E-state index contributed by atoms with van der Waals surface area (Å²) in [6.07, 6.45) is -4.24. The third kappa shape index (κ3) is 3.78. The Hall–Kier alpha value is 0.113. The summed E-state index contributed by atoms with van der Waals surface area (Å²) in [5.41, 5.74) is 0.0317. The van der Waals surface area contributed by atoms with E-state index >= 15 is 0 Å². The first kappa shape index (κ1) is 13.1. The molecular formula is C8H6BrF3Zn. The van der Waals surface area contributed by atoms with E-state index in [1.807, 2.05) is 0 Å². The summed E-state index contributed by atoms with van der Waals surface area (Å²) in [6.45, 7) is 0. The van der Waals surface area contributed by atoms with E-state index in [2.05, 4.69) is 15.9 Å². The van der Waals surface area contributed by atoms with Gasteiger partial charge in [0, 0.05) is 24.8 Å². The predicted octanol–water partition coefficient (Wildman–Crippen LogP) is 3.60. The van der Waals surface area contributed by atoms with Gasteiger partial charge in [0.1, 0.15) is 0 Å². The Balaban J connectivity index is 0.00000144. The van der Waals surface area contributed by atoms with Crippen molar-refractivity contribution < 1.29 is 32.6 Å². The second kappa shape index (κ2) is 5.11. The Kier molecular flexibility index (Phi) is 5.15. The number of hydrogen-bond donors (Lipinski definition) is 0. The van der Waals surface area contributed by atoms with Crippen LogP contribution >= 0.6 is 15.9 Å². The monoisotopic (exact) mass is 302 g/mol. The number of rotatable bonds is 1. The first-order valence-corrected chi connectivity index (χ1v) is 4.38.